The Labute approximate surface area is 138 Å². The second-order valence-electron chi connectivity index (χ2n) is 5.19. The molecule has 2 N–H and O–H groups in total. The molecule has 0 aliphatic rings. The topological polar surface area (TPSA) is 50.4 Å². The largest absolute Gasteiger partial charge is 0.494 e. The molecule has 0 bridgehead atoms. The Morgan fingerprint density at radius 3 is 2.73 bits per heavy atom. The highest BCUT2D eigenvalue weighted by atomic mass is 32.1. The Kier molecular flexibility index (Phi) is 9.23. The fraction of sp³-hybridized carbons (Fsp3) is 0.529. The highest BCUT2D eigenvalue weighted by Gasteiger charge is 2.05. The summed E-state index contributed by atoms with van der Waals surface area (Å²) in [5.41, 5.74) is 0.810. The van der Waals surface area contributed by atoms with Crippen LogP contribution in [0.1, 0.15) is 52.4 Å². The van der Waals surface area contributed by atoms with Gasteiger partial charge in [-0.25, -0.2) is 0 Å². The molecule has 0 radical (unpaired) electrons. The van der Waals surface area contributed by atoms with Crippen molar-refractivity contribution in [3.05, 3.63) is 24.3 Å². The van der Waals surface area contributed by atoms with Gasteiger partial charge in [-0.1, -0.05) is 39.2 Å². The van der Waals surface area contributed by atoms with E-state index in [1.807, 2.05) is 24.3 Å². The Morgan fingerprint density at radius 1 is 1.18 bits per heavy atom. The van der Waals surface area contributed by atoms with Crippen LogP contribution in [0.15, 0.2) is 24.3 Å². The van der Waals surface area contributed by atoms with Gasteiger partial charge in [0, 0.05) is 18.2 Å². The van der Waals surface area contributed by atoms with Gasteiger partial charge in [0.25, 0.3) is 0 Å². The summed E-state index contributed by atoms with van der Waals surface area (Å²) in [5, 5.41) is 6.05. The Balaban J connectivity index is 2.36. The number of carbonyl (C=O) groups excluding carboxylic acids is 1. The van der Waals surface area contributed by atoms with Gasteiger partial charge in [-0.05, 0) is 37.2 Å². The van der Waals surface area contributed by atoms with Crippen LogP contribution in [0.2, 0.25) is 0 Å². The summed E-state index contributed by atoms with van der Waals surface area (Å²) in [6, 6.07) is 7.55. The summed E-state index contributed by atoms with van der Waals surface area (Å²) >= 11 is 5.16. The first kappa shape index (κ1) is 18.4. The van der Waals surface area contributed by atoms with Gasteiger partial charge in [0.1, 0.15) is 5.75 Å². The van der Waals surface area contributed by atoms with Crippen LogP contribution in [-0.4, -0.2) is 17.6 Å². The van der Waals surface area contributed by atoms with Crippen molar-refractivity contribution in [3.8, 4) is 5.75 Å². The lowest BCUT2D eigenvalue weighted by molar-refractivity contribution is -0.119. The molecule has 1 amide bonds. The maximum atomic E-state index is 11.8. The summed E-state index contributed by atoms with van der Waals surface area (Å²) in [4.78, 5) is 11.8. The molecule has 5 heteroatoms. The number of amides is 1. The molecular weight excluding hydrogens is 296 g/mol. The predicted molar refractivity (Wildman–Crippen MR) is 95.4 cm³/mol. The second-order valence-corrected chi connectivity index (χ2v) is 5.60. The minimum absolute atomic E-state index is 0.0352. The SMILES string of the molecule is CCCCCCC(=O)NC(=S)Nc1cccc(OCCC)c1. The zero-order valence-electron chi connectivity index (χ0n) is 13.5. The van der Waals surface area contributed by atoms with E-state index in [0.717, 1.165) is 37.1 Å². The van der Waals surface area contributed by atoms with Crippen LogP contribution in [-0.2, 0) is 4.79 Å². The van der Waals surface area contributed by atoms with Crippen molar-refractivity contribution < 1.29 is 9.53 Å². The number of thiocarbonyl (C=S) groups is 1. The summed E-state index contributed by atoms with van der Waals surface area (Å²) in [7, 11) is 0. The van der Waals surface area contributed by atoms with Gasteiger partial charge in [0.2, 0.25) is 5.91 Å². The van der Waals surface area contributed by atoms with Gasteiger partial charge in [0.05, 0.1) is 6.61 Å². The molecule has 0 saturated heterocycles. The molecule has 0 saturated carbocycles. The van der Waals surface area contributed by atoms with Crippen LogP contribution in [0.5, 0.6) is 5.75 Å². The molecule has 22 heavy (non-hydrogen) atoms. The van der Waals surface area contributed by atoms with Crippen LogP contribution < -0.4 is 15.4 Å². The molecule has 0 aliphatic carbocycles. The highest BCUT2D eigenvalue weighted by Crippen LogP contribution is 2.17. The van der Waals surface area contributed by atoms with Crippen LogP contribution in [0.3, 0.4) is 0 Å². The van der Waals surface area contributed by atoms with Gasteiger partial charge < -0.3 is 15.4 Å². The van der Waals surface area contributed by atoms with Gasteiger partial charge in [-0.2, -0.15) is 0 Å². The van der Waals surface area contributed by atoms with Crippen molar-refractivity contribution >= 4 is 28.9 Å². The number of ether oxygens (including phenoxy) is 1. The molecule has 122 valence electrons. The number of unbranched alkanes of at least 4 members (excludes halogenated alkanes) is 3. The van der Waals surface area contributed by atoms with Gasteiger partial charge in [-0.15, -0.1) is 0 Å². The summed E-state index contributed by atoms with van der Waals surface area (Å²) in [5.74, 6) is 0.757. The van der Waals surface area contributed by atoms with E-state index in [1.165, 1.54) is 6.42 Å². The third-order valence-electron chi connectivity index (χ3n) is 3.08. The third kappa shape index (κ3) is 7.98. The first-order valence-electron chi connectivity index (χ1n) is 7.99. The van der Waals surface area contributed by atoms with Gasteiger partial charge in [-0.3, -0.25) is 4.79 Å². The molecule has 1 rings (SSSR count). The zero-order chi connectivity index (χ0) is 16.2. The lowest BCUT2D eigenvalue weighted by atomic mass is 10.1. The number of benzene rings is 1. The van der Waals surface area contributed by atoms with Crippen molar-refractivity contribution in [3.63, 3.8) is 0 Å². The van der Waals surface area contributed by atoms with E-state index in [-0.39, 0.29) is 5.91 Å². The normalized spacial score (nSPS) is 10.1. The lowest BCUT2D eigenvalue weighted by Crippen LogP contribution is -2.33. The predicted octanol–water partition coefficient (Wildman–Crippen LogP) is 4.26. The number of hydrogen-bond acceptors (Lipinski definition) is 3. The van der Waals surface area contributed by atoms with Gasteiger partial charge in [0.15, 0.2) is 5.11 Å². The fourth-order valence-corrected chi connectivity index (χ4v) is 2.18. The van der Waals surface area contributed by atoms with Crippen LogP contribution >= 0.6 is 12.2 Å². The fourth-order valence-electron chi connectivity index (χ4n) is 1.95. The number of carbonyl (C=O) groups is 1. The van der Waals surface area contributed by atoms with Gasteiger partial charge >= 0.3 is 0 Å². The van der Waals surface area contributed by atoms with Crippen molar-refractivity contribution in [2.45, 2.75) is 52.4 Å². The molecule has 1 aromatic carbocycles. The molecule has 0 spiro atoms. The molecule has 4 nitrogen and oxygen atoms in total. The summed E-state index contributed by atoms with van der Waals surface area (Å²) in [6.07, 6.45) is 5.80. The first-order valence-corrected chi connectivity index (χ1v) is 8.40. The molecule has 0 fully saturated rings. The molecule has 0 atom stereocenters. The van der Waals surface area contributed by atoms with E-state index < -0.39 is 0 Å². The monoisotopic (exact) mass is 322 g/mol. The van der Waals surface area contributed by atoms with E-state index in [4.69, 9.17) is 17.0 Å². The number of hydrogen-bond donors (Lipinski definition) is 2. The van der Waals surface area contributed by atoms with Crippen LogP contribution in [0.25, 0.3) is 0 Å². The van der Waals surface area contributed by atoms with Crippen molar-refractivity contribution in [2.24, 2.45) is 0 Å². The van der Waals surface area contributed by atoms with E-state index in [2.05, 4.69) is 24.5 Å². The Hall–Kier alpha value is -1.62. The molecule has 0 unspecified atom stereocenters. The van der Waals surface area contributed by atoms with E-state index in [1.54, 1.807) is 0 Å². The molecule has 1 aromatic rings. The Morgan fingerprint density at radius 2 is 2.00 bits per heavy atom. The van der Waals surface area contributed by atoms with Crippen molar-refractivity contribution in [2.75, 3.05) is 11.9 Å². The zero-order valence-corrected chi connectivity index (χ0v) is 14.3. The van der Waals surface area contributed by atoms with Crippen molar-refractivity contribution in [1.29, 1.82) is 0 Å². The average Bonchev–Trinajstić information content (AvgIpc) is 2.49. The second kappa shape index (κ2) is 11.0. The number of nitrogens with one attached hydrogen (secondary N) is 2. The lowest BCUT2D eigenvalue weighted by Gasteiger charge is -2.11. The van der Waals surface area contributed by atoms with Crippen molar-refractivity contribution in [1.82, 2.24) is 5.32 Å². The minimum Gasteiger partial charge on any atom is -0.494 e. The third-order valence-corrected chi connectivity index (χ3v) is 3.28. The maximum absolute atomic E-state index is 11.8. The summed E-state index contributed by atoms with van der Waals surface area (Å²) < 4.78 is 5.56. The number of anilines is 1. The van der Waals surface area contributed by atoms with E-state index in [0.29, 0.717) is 18.1 Å². The Bertz CT molecular complexity index is 477. The highest BCUT2D eigenvalue weighted by molar-refractivity contribution is 7.80. The molecule has 0 aliphatic heterocycles. The van der Waals surface area contributed by atoms with Crippen LogP contribution in [0, 0.1) is 0 Å². The van der Waals surface area contributed by atoms with Crippen LogP contribution in [0.4, 0.5) is 5.69 Å². The molecule has 0 aromatic heterocycles. The smallest absolute Gasteiger partial charge is 0.226 e. The molecular formula is C17H26N2O2S. The average molecular weight is 322 g/mol. The quantitative estimate of drug-likeness (QED) is 0.527. The molecule has 0 heterocycles. The summed E-state index contributed by atoms with van der Waals surface area (Å²) in [6.45, 7) is 4.90. The first-order chi connectivity index (χ1) is 10.7. The van der Waals surface area contributed by atoms with E-state index in [9.17, 15) is 4.79 Å². The minimum atomic E-state index is -0.0352. The maximum Gasteiger partial charge on any atom is 0.226 e. The standard InChI is InChI=1S/C17H26N2O2S/c1-3-5-6-7-11-16(20)19-17(22)18-14-9-8-10-15(13-14)21-12-4-2/h8-10,13H,3-7,11-12H2,1-2H3,(H2,18,19,20,22). The number of rotatable bonds is 9. The van der Waals surface area contributed by atoms with E-state index >= 15 is 0 Å².